The van der Waals surface area contributed by atoms with Crippen molar-refractivity contribution < 1.29 is 0 Å². The fraction of sp³-hybridized carbons (Fsp3) is 0.130. The number of hydrogen-bond donors (Lipinski definition) is 2. The van der Waals surface area contributed by atoms with Crippen molar-refractivity contribution in [2.45, 2.75) is 20.3 Å². The first-order valence-corrected chi connectivity index (χ1v) is 9.03. The molecule has 3 N–H and O–H groups in total. The fourth-order valence-electron chi connectivity index (χ4n) is 3.36. The lowest BCUT2D eigenvalue weighted by Crippen LogP contribution is -2.27. The van der Waals surface area contributed by atoms with Crippen molar-refractivity contribution in [3.63, 3.8) is 0 Å². The van der Waals surface area contributed by atoms with Gasteiger partial charge in [0.2, 0.25) is 5.96 Å². The SMILES string of the molecule is C/C(=N\NC(N)=Nc1ccc(C)cc1)c1ccc2c(c1)Cc1ccccc1-2. The van der Waals surface area contributed by atoms with Gasteiger partial charge < -0.3 is 5.73 Å². The number of hydrazone groups is 1. The minimum absolute atomic E-state index is 0.270. The summed E-state index contributed by atoms with van der Waals surface area (Å²) in [6.45, 7) is 4.01. The molecule has 0 aromatic heterocycles. The van der Waals surface area contributed by atoms with Crippen LogP contribution in [0.3, 0.4) is 0 Å². The molecule has 27 heavy (non-hydrogen) atoms. The van der Waals surface area contributed by atoms with E-state index in [0.29, 0.717) is 0 Å². The molecule has 0 unspecified atom stereocenters. The summed E-state index contributed by atoms with van der Waals surface area (Å²) in [5, 5.41) is 4.39. The van der Waals surface area contributed by atoms with Gasteiger partial charge in [-0.25, -0.2) is 10.4 Å². The molecule has 0 atom stereocenters. The van der Waals surface area contributed by atoms with E-state index in [0.717, 1.165) is 23.4 Å². The van der Waals surface area contributed by atoms with Gasteiger partial charge in [0.1, 0.15) is 0 Å². The van der Waals surface area contributed by atoms with E-state index >= 15 is 0 Å². The highest BCUT2D eigenvalue weighted by atomic mass is 15.4. The summed E-state index contributed by atoms with van der Waals surface area (Å²) in [5.41, 5.74) is 18.1. The van der Waals surface area contributed by atoms with Crippen LogP contribution in [0.5, 0.6) is 0 Å². The first-order chi connectivity index (χ1) is 13.1. The molecule has 3 aromatic rings. The van der Waals surface area contributed by atoms with Crippen molar-refractivity contribution in [1.29, 1.82) is 0 Å². The van der Waals surface area contributed by atoms with Crippen LogP contribution < -0.4 is 11.2 Å². The lowest BCUT2D eigenvalue weighted by Gasteiger charge is -2.06. The van der Waals surface area contributed by atoms with Gasteiger partial charge in [0.25, 0.3) is 0 Å². The number of benzene rings is 3. The summed E-state index contributed by atoms with van der Waals surface area (Å²) in [6.07, 6.45) is 0.969. The van der Waals surface area contributed by atoms with E-state index in [1.807, 2.05) is 38.1 Å². The van der Waals surface area contributed by atoms with Crippen LogP contribution in [-0.4, -0.2) is 11.7 Å². The molecule has 0 radical (unpaired) electrons. The summed E-state index contributed by atoms with van der Waals surface area (Å²) < 4.78 is 0. The standard InChI is InChI=1S/C23H22N4/c1-15-7-10-20(11-8-15)25-23(24)27-26-16(2)17-9-12-22-19(13-17)14-18-5-3-4-6-21(18)22/h3-13H,14H2,1-2H3,(H3,24,25,27)/b26-16+. The Morgan fingerprint density at radius 3 is 2.48 bits per heavy atom. The molecule has 0 saturated heterocycles. The molecule has 0 bridgehead atoms. The molecule has 0 amide bonds. The van der Waals surface area contributed by atoms with Gasteiger partial charge in [0.05, 0.1) is 11.4 Å². The van der Waals surface area contributed by atoms with E-state index in [1.54, 1.807) is 0 Å². The third kappa shape index (κ3) is 3.60. The number of nitrogens with two attached hydrogens (primary N) is 1. The van der Waals surface area contributed by atoms with Crippen LogP contribution in [0.25, 0.3) is 11.1 Å². The highest BCUT2D eigenvalue weighted by molar-refractivity contribution is 6.00. The molecule has 4 heteroatoms. The lowest BCUT2D eigenvalue weighted by atomic mass is 10.0. The molecule has 134 valence electrons. The van der Waals surface area contributed by atoms with E-state index in [1.165, 1.54) is 27.8 Å². The van der Waals surface area contributed by atoms with Gasteiger partial charge in [-0.1, -0.05) is 54.1 Å². The van der Waals surface area contributed by atoms with Crippen LogP contribution in [0, 0.1) is 6.92 Å². The topological polar surface area (TPSA) is 62.8 Å². The molecule has 1 aliphatic carbocycles. The molecular weight excluding hydrogens is 332 g/mol. The molecule has 1 aliphatic rings. The Morgan fingerprint density at radius 2 is 1.67 bits per heavy atom. The Morgan fingerprint density at radius 1 is 0.926 bits per heavy atom. The fourth-order valence-corrected chi connectivity index (χ4v) is 3.36. The first-order valence-electron chi connectivity index (χ1n) is 9.03. The Kier molecular flexibility index (Phi) is 4.47. The third-order valence-electron chi connectivity index (χ3n) is 4.83. The number of nitrogens with zero attached hydrogens (tertiary/aromatic N) is 2. The van der Waals surface area contributed by atoms with Crippen molar-refractivity contribution >= 4 is 17.4 Å². The molecule has 4 rings (SSSR count). The lowest BCUT2D eigenvalue weighted by molar-refractivity contribution is 1.00. The second kappa shape index (κ2) is 7.08. The van der Waals surface area contributed by atoms with Gasteiger partial charge >= 0.3 is 0 Å². The van der Waals surface area contributed by atoms with Crippen molar-refractivity contribution in [3.8, 4) is 11.1 Å². The smallest absolute Gasteiger partial charge is 0.214 e. The number of hydrogen-bond acceptors (Lipinski definition) is 2. The van der Waals surface area contributed by atoms with Crippen molar-refractivity contribution in [3.05, 3.63) is 89.0 Å². The molecule has 0 heterocycles. The normalized spacial score (nSPS) is 13.3. The monoisotopic (exact) mass is 354 g/mol. The Bertz CT molecular complexity index is 1050. The van der Waals surface area contributed by atoms with E-state index in [9.17, 15) is 0 Å². The maximum absolute atomic E-state index is 5.95. The van der Waals surface area contributed by atoms with Crippen molar-refractivity contribution in [2.24, 2.45) is 15.8 Å². The molecule has 0 spiro atoms. The Balaban J connectivity index is 1.51. The molecule has 0 fully saturated rings. The average Bonchev–Trinajstić information content (AvgIpc) is 3.05. The number of fused-ring (bicyclic) bond motifs is 3. The first kappa shape index (κ1) is 17.0. The van der Waals surface area contributed by atoms with Crippen LogP contribution in [0.2, 0.25) is 0 Å². The van der Waals surface area contributed by atoms with Gasteiger partial charge in [-0.3, -0.25) is 0 Å². The van der Waals surface area contributed by atoms with Crippen LogP contribution in [-0.2, 0) is 6.42 Å². The van der Waals surface area contributed by atoms with E-state index in [-0.39, 0.29) is 5.96 Å². The third-order valence-corrected chi connectivity index (χ3v) is 4.83. The Labute approximate surface area is 159 Å². The van der Waals surface area contributed by atoms with E-state index in [2.05, 4.69) is 58.0 Å². The van der Waals surface area contributed by atoms with Crippen molar-refractivity contribution in [2.75, 3.05) is 0 Å². The molecule has 0 saturated carbocycles. The van der Waals surface area contributed by atoms with Gasteiger partial charge in [-0.2, -0.15) is 5.10 Å². The van der Waals surface area contributed by atoms with Crippen LogP contribution in [0.15, 0.2) is 76.8 Å². The molecule has 3 aromatic carbocycles. The predicted octanol–water partition coefficient (Wildman–Crippen LogP) is 4.53. The maximum atomic E-state index is 5.95. The summed E-state index contributed by atoms with van der Waals surface area (Å²) in [4.78, 5) is 4.33. The summed E-state index contributed by atoms with van der Waals surface area (Å²) in [5.74, 6) is 0.270. The van der Waals surface area contributed by atoms with Crippen LogP contribution in [0.1, 0.15) is 29.2 Å². The number of guanidine groups is 1. The average molecular weight is 354 g/mol. The number of aliphatic imine (C=N–C) groups is 1. The summed E-state index contributed by atoms with van der Waals surface area (Å²) in [7, 11) is 0. The Hall–Kier alpha value is -3.40. The van der Waals surface area contributed by atoms with Gasteiger partial charge in [-0.15, -0.1) is 0 Å². The van der Waals surface area contributed by atoms with Crippen LogP contribution >= 0.6 is 0 Å². The summed E-state index contributed by atoms with van der Waals surface area (Å²) >= 11 is 0. The number of aryl methyl sites for hydroxylation is 1. The van der Waals surface area contributed by atoms with Crippen LogP contribution in [0.4, 0.5) is 5.69 Å². The second-order valence-corrected chi connectivity index (χ2v) is 6.85. The van der Waals surface area contributed by atoms with Gasteiger partial charge in [0, 0.05) is 0 Å². The zero-order chi connectivity index (χ0) is 18.8. The molecule has 4 nitrogen and oxygen atoms in total. The predicted molar refractivity (Wildman–Crippen MR) is 112 cm³/mol. The number of rotatable bonds is 3. The van der Waals surface area contributed by atoms with Gasteiger partial charge in [-0.05, 0) is 66.3 Å². The highest BCUT2D eigenvalue weighted by Gasteiger charge is 2.18. The summed E-state index contributed by atoms with van der Waals surface area (Å²) in [6, 6.07) is 22.9. The molecular formula is C23H22N4. The maximum Gasteiger partial charge on any atom is 0.214 e. The van der Waals surface area contributed by atoms with E-state index < -0.39 is 0 Å². The quantitative estimate of drug-likeness (QED) is 0.323. The zero-order valence-electron chi connectivity index (χ0n) is 15.5. The highest BCUT2D eigenvalue weighted by Crippen LogP contribution is 2.36. The zero-order valence-corrected chi connectivity index (χ0v) is 15.5. The minimum atomic E-state index is 0.270. The largest absolute Gasteiger partial charge is 0.368 e. The van der Waals surface area contributed by atoms with Crippen molar-refractivity contribution in [1.82, 2.24) is 5.43 Å². The second-order valence-electron chi connectivity index (χ2n) is 6.85. The van der Waals surface area contributed by atoms with Gasteiger partial charge in [0.15, 0.2) is 0 Å². The number of nitrogens with one attached hydrogen (secondary N) is 1. The molecule has 0 aliphatic heterocycles. The minimum Gasteiger partial charge on any atom is -0.368 e. The van der Waals surface area contributed by atoms with E-state index in [4.69, 9.17) is 5.73 Å².